The van der Waals surface area contributed by atoms with E-state index < -0.39 is 0 Å². The second-order valence-electron chi connectivity index (χ2n) is 4.90. The van der Waals surface area contributed by atoms with Crippen LogP contribution < -0.4 is 11.1 Å². The van der Waals surface area contributed by atoms with Crippen LogP contribution in [-0.4, -0.2) is 30.6 Å². The van der Waals surface area contributed by atoms with Crippen molar-refractivity contribution in [1.82, 2.24) is 4.90 Å². The van der Waals surface area contributed by atoms with Crippen molar-refractivity contribution in [2.75, 3.05) is 30.7 Å². The summed E-state index contributed by atoms with van der Waals surface area (Å²) >= 11 is 0. The number of likely N-dealkylation sites (N-methyl/N-ethyl adjacent to an activating group) is 1. The molecular formula is C14H23N3. The van der Waals surface area contributed by atoms with Gasteiger partial charge in [-0.15, -0.1) is 0 Å². The van der Waals surface area contributed by atoms with Crippen LogP contribution in [0, 0.1) is 6.92 Å². The van der Waals surface area contributed by atoms with Crippen molar-refractivity contribution in [3.63, 3.8) is 0 Å². The molecule has 0 aromatic heterocycles. The number of piperidine rings is 1. The lowest BCUT2D eigenvalue weighted by Gasteiger charge is -2.33. The van der Waals surface area contributed by atoms with Gasteiger partial charge in [0.1, 0.15) is 0 Å². The fourth-order valence-electron chi connectivity index (χ4n) is 2.49. The predicted molar refractivity (Wildman–Crippen MR) is 74.4 cm³/mol. The Balaban J connectivity index is 2.02. The number of nitrogens with one attached hydrogen (secondary N) is 1. The van der Waals surface area contributed by atoms with E-state index in [2.05, 4.69) is 30.1 Å². The Morgan fingerprint density at radius 1 is 1.47 bits per heavy atom. The van der Waals surface area contributed by atoms with Crippen LogP contribution in [0.2, 0.25) is 0 Å². The van der Waals surface area contributed by atoms with Crippen molar-refractivity contribution < 1.29 is 0 Å². The monoisotopic (exact) mass is 233 g/mol. The molecule has 1 aromatic rings. The lowest BCUT2D eigenvalue weighted by molar-refractivity contribution is 0.227. The number of hydrogen-bond acceptors (Lipinski definition) is 3. The molecule has 1 aromatic carbocycles. The molecule has 1 heterocycles. The molecule has 3 nitrogen and oxygen atoms in total. The van der Waals surface area contributed by atoms with Gasteiger partial charge in [0.2, 0.25) is 0 Å². The molecule has 1 saturated heterocycles. The summed E-state index contributed by atoms with van der Waals surface area (Å²) in [4.78, 5) is 2.50. The minimum Gasteiger partial charge on any atom is -0.398 e. The number of anilines is 2. The number of nitrogen functional groups attached to an aromatic ring is 1. The highest BCUT2D eigenvalue weighted by Crippen LogP contribution is 2.23. The van der Waals surface area contributed by atoms with Crippen LogP contribution >= 0.6 is 0 Å². The molecule has 0 aliphatic carbocycles. The molecule has 3 N–H and O–H groups in total. The molecule has 0 bridgehead atoms. The van der Waals surface area contributed by atoms with Crippen LogP contribution in [0.4, 0.5) is 11.4 Å². The third-order valence-corrected chi connectivity index (χ3v) is 3.69. The van der Waals surface area contributed by atoms with Gasteiger partial charge in [-0.25, -0.2) is 0 Å². The van der Waals surface area contributed by atoms with Gasteiger partial charge in [0, 0.05) is 24.0 Å². The summed E-state index contributed by atoms with van der Waals surface area (Å²) in [6.07, 6.45) is 2.54. The van der Waals surface area contributed by atoms with E-state index in [0.29, 0.717) is 6.04 Å². The van der Waals surface area contributed by atoms with Gasteiger partial charge in [0.05, 0.1) is 0 Å². The molecule has 0 saturated carbocycles. The Morgan fingerprint density at radius 2 is 2.29 bits per heavy atom. The zero-order valence-corrected chi connectivity index (χ0v) is 10.9. The minimum absolute atomic E-state index is 0.559. The number of benzene rings is 1. The Bertz CT molecular complexity index is 376. The minimum atomic E-state index is 0.559. The molecule has 2 rings (SSSR count). The summed E-state index contributed by atoms with van der Waals surface area (Å²) in [6, 6.07) is 6.66. The van der Waals surface area contributed by atoms with Crippen molar-refractivity contribution >= 4 is 11.4 Å². The van der Waals surface area contributed by atoms with Gasteiger partial charge >= 0.3 is 0 Å². The number of likely N-dealkylation sites (tertiary alicyclic amines) is 1. The largest absolute Gasteiger partial charge is 0.398 e. The summed E-state index contributed by atoms with van der Waals surface area (Å²) in [5.41, 5.74) is 9.16. The average molecular weight is 233 g/mol. The average Bonchev–Trinajstić information content (AvgIpc) is 2.35. The quantitative estimate of drug-likeness (QED) is 0.788. The maximum absolute atomic E-state index is 5.93. The summed E-state index contributed by atoms with van der Waals surface area (Å²) in [5.74, 6) is 0. The molecule has 94 valence electrons. The summed E-state index contributed by atoms with van der Waals surface area (Å²) in [7, 11) is 0. The highest BCUT2D eigenvalue weighted by Gasteiger charge is 2.18. The van der Waals surface area contributed by atoms with Crippen molar-refractivity contribution in [3.8, 4) is 0 Å². The highest BCUT2D eigenvalue weighted by atomic mass is 15.2. The van der Waals surface area contributed by atoms with E-state index >= 15 is 0 Å². The van der Waals surface area contributed by atoms with Gasteiger partial charge in [-0.1, -0.05) is 13.0 Å². The van der Waals surface area contributed by atoms with Crippen LogP contribution in [-0.2, 0) is 0 Å². The van der Waals surface area contributed by atoms with Gasteiger partial charge in [0.25, 0.3) is 0 Å². The Labute approximate surface area is 104 Å². The van der Waals surface area contributed by atoms with Crippen LogP contribution in [0.3, 0.4) is 0 Å². The normalized spacial score (nSPS) is 21.4. The van der Waals surface area contributed by atoms with Crippen LogP contribution in [0.25, 0.3) is 0 Å². The molecule has 0 spiro atoms. The van der Waals surface area contributed by atoms with Crippen molar-refractivity contribution in [2.24, 2.45) is 0 Å². The lowest BCUT2D eigenvalue weighted by atomic mass is 10.0. The second-order valence-corrected chi connectivity index (χ2v) is 4.90. The SMILES string of the molecule is CCN1CCCC(Nc2cccc(N)c2C)C1. The molecular weight excluding hydrogens is 210 g/mol. The Hall–Kier alpha value is -1.22. The van der Waals surface area contributed by atoms with Gasteiger partial charge in [0.15, 0.2) is 0 Å². The van der Waals surface area contributed by atoms with Crippen LogP contribution in [0.5, 0.6) is 0 Å². The number of hydrogen-bond donors (Lipinski definition) is 2. The first kappa shape index (κ1) is 12.2. The maximum atomic E-state index is 5.93. The summed E-state index contributed by atoms with van der Waals surface area (Å²) < 4.78 is 0. The van der Waals surface area contributed by atoms with E-state index in [1.807, 2.05) is 12.1 Å². The second kappa shape index (κ2) is 5.41. The number of nitrogens with two attached hydrogens (primary N) is 1. The molecule has 3 heteroatoms. The molecule has 1 unspecified atom stereocenters. The van der Waals surface area contributed by atoms with Crippen molar-refractivity contribution in [2.45, 2.75) is 32.7 Å². The number of rotatable bonds is 3. The number of nitrogens with zero attached hydrogens (tertiary/aromatic N) is 1. The van der Waals surface area contributed by atoms with E-state index in [0.717, 1.165) is 18.8 Å². The predicted octanol–water partition coefficient (Wildman–Crippen LogP) is 2.47. The molecule has 17 heavy (non-hydrogen) atoms. The van der Waals surface area contributed by atoms with Crippen molar-refractivity contribution in [3.05, 3.63) is 23.8 Å². The molecule has 1 aliphatic heterocycles. The molecule has 1 aliphatic rings. The van der Waals surface area contributed by atoms with E-state index in [1.54, 1.807) is 0 Å². The van der Waals surface area contributed by atoms with Crippen molar-refractivity contribution in [1.29, 1.82) is 0 Å². The standard InChI is InChI=1S/C14H23N3/c1-3-17-9-5-6-12(10-17)16-14-8-4-7-13(15)11(14)2/h4,7-8,12,16H,3,5-6,9-10,15H2,1-2H3. The first-order valence-corrected chi connectivity index (χ1v) is 6.54. The topological polar surface area (TPSA) is 41.3 Å². The molecule has 1 atom stereocenters. The first-order chi connectivity index (χ1) is 8.20. The molecule has 0 radical (unpaired) electrons. The Kier molecular flexibility index (Phi) is 3.89. The fraction of sp³-hybridized carbons (Fsp3) is 0.571. The van der Waals surface area contributed by atoms with E-state index in [-0.39, 0.29) is 0 Å². The van der Waals surface area contributed by atoms with Gasteiger partial charge in [-0.2, -0.15) is 0 Å². The third-order valence-electron chi connectivity index (χ3n) is 3.69. The lowest BCUT2D eigenvalue weighted by Crippen LogP contribution is -2.41. The smallest absolute Gasteiger partial charge is 0.0393 e. The molecule has 1 fully saturated rings. The Morgan fingerprint density at radius 3 is 3.06 bits per heavy atom. The van der Waals surface area contributed by atoms with E-state index in [9.17, 15) is 0 Å². The summed E-state index contributed by atoms with van der Waals surface area (Å²) in [6.45, 7) is 7.84. The van der Waals surface area contributed by atoms with Crippen LogP contribution in [0.15, 0.2) is 18.2 Å². The fourth-order valence-corrected chi connectivity index (χ4v) is 2.49. The van der Waals surface area contributed by atoms with Gasteiger partial charge in [-0.05, 0) is 50.6 Å². The van der Waals surface area contributed by atoms with E-state index in [4.69, 9.17) is 5.73 Å². The van der Waals surface area contributed by atoms with Gasteiger partial charge in [-0.3, -0.25) is 0 Å². The maximum Gasteiger partial charge on any atom is 0.0393 e. The third kappa shape index (κ3) is 2.91. The summed E-state index contributed by atoms with van der Waals surface area (Å²) in [5, 5.41) is 3.63. The van der Waals surface area contributed by atoms with E-state index in [1.165, 1.54) is 30.6 Å². The first-order valence-electron chi connectivity index (χ1n) is 6.54. The zero-order chi connectivity index (χ0) is 12.3. The zero-order valence-electron chi connectivity index (χ0n) is 10.9. The van der Waals surface area contributed by atoms with Crippen LogP contribution in [0.1, 0.15) is 25.3 Å². The molecule has 0 amide bonds. The highest BCUT2D eigenvalue weighted by molar-refractivity contribution is 5.63. The van der Waals surface area contributed by atoms with Gasteiger partial charge < -0.3 is 16.0 Å².